The SMILES string of the molecule is O=c1c(Cc2ccc(Cl)cc2)n[nH]c(=S)n1/N=C/c1ccc2c(c1)OCO2. The van der Waals surface area contributed by atoms with Crippen LogP contribution in [-0.2, 0) is 6.42 Å². The fourth-order valence-corrected chi connectivity index (χ4v) is 2.86. The molecule has 1 aliphatic rings. The number of hydrogen-bond acceptors (Lipinski definition) is 6. The lowest BCUT2D eigenvalue weighted by molar-refractivity contribution is 0.174. The molecule has 1 aromatic heterocycles. The van der Waals surface area contributed by atoms with Crippen molar-refractivity contribution in [3.05, 3.63) is 79.4 Å². The molecule has 3 aromatic rings. The van der Waals surface area contributed by atoms with Crippen molar-refractivity contribution in [3.8, 4) is 11.5 Å². The molecule has 0 saturated carbocycles. The van der Waals surface area contributed by atoms with E-state index in [1.54, 1.807) is 24.3 Å². The van der Waals surface area contributed by atoms with Gasteiger partial charge in [0.15, 0.2) is 11.5 Å². The Labute approximate surface area is 163 Å². The van der Waals surface area contributed by atoms with Crippen LogP contribution >= 0.6 is 23.8 Å². The monoisotopic (exact) mass is 400 g/mol. The Hall–Kier alpha value is -2.97. The number of aromatic amines is 1. The summed E-state index contributed by atoms with van der Waals surface area (Å²) in [6.45, 7) is 0.194. The molecule has 0 radical (unpaired) electrons. The van der Waals surface area contributed by atoms with Crippen molar-refractivity contribution in [2.24, 2.45) is 5.10 Å². The summed E-state index contributed by atoms with van der Waals surface area (Å²) in [5, 5.41) is 11.5. The van der Waals surface area contributed by atoms with E-state index >= 15 is 0 Å². The number of aromatic nitrogens is 3. The predicted octanol–water partition coefficient (Wildman–Crippen LogP) is 3.16. The third kappa shape index (κ3) is 3.76. The highest BCUT2D eigenvalue weighted by molar-refractivity contribution is 7.71. The summed E-state index contributed by atoms with van der Waals surface area (Å²) < 4.78 is 11.8. The molecule has 0 spiro atoms. The van der Waals surface area contributed by atoms with Gasteiger partial charge in [0.1, 0.15) is 5.69 Å². The molecule has 0 atom stereocenters. The highest BCUT2D eigenvalue weighted by Gasteiger charge is 2.13. The van der Waals surface area contributed by atoms with Gasteiger partial charge in [-0.3, -0.25) is 9.89 Å². The van der Waals surface area contributed by atoms with E-state index in [1.165, 1.54) is 6.21 Å². The lowest BCUT2D eigenvalue weighted by Crippen LogP contribution is -2.25. The maximum absolute atomic E-state index is 12.7. The van der Waals surface area contributed by atoms with E-state index in [0.29, 0.717) is 28.6 Å². The van der Waals surface area contributed by atoms with E-state index in [0.717, 1.165) is 15.8 Å². The first kappa shape index (κ1) is 17.4. The quantitative estimate of drug-likeness (QED) is 0.537. The van der Waals surface area contributed by atoms with Crippen LogP contribution in [-0.4, -0.2) is 27.9 Å². The van der Waals surface area contributed by atoms with Crippen molar-refractivity contribution in [2.75, 3.05) is 6.79 Å². The number of benzene rings is 2. The molecule has 1 N–H and O–H groups in total. The predicted molar refractivity (Wildman–Crippen MR) is 103 cm³/mol. The molecular formula is C18H13ClN4O3S. The first-order chi connectivity index (χ1) is 13.1. The third-order valence-electron chi connectivity index (χ3n) is 3.92. The van der Waals surface area contributed by atoms with Crippen molar-refractivity contribution in [1.29, 1.82) is 0 Å². The van der Waals surface area contributed by atoms with Crippen molar-refractivity contribution in [2.45, 2.75) is 6.42 Å². The second-order valence-electron chi connectivity index (χ2n) is 5.75. The van der Waals surface area contributed by atoms with Gasteiger partial charge >= 0.3 is 0 Å². The van der Waals surface area contributed by atoms with E-state index in [1.807, 2.05) is 18.2 Å². The van der Waals surface area contributed by atoms with Gasteiger partial charge in [0, 0.05) is 11.4 Å². The zero-order chi connectivity index (χ0) is 18.8. The number of nitrogens with one attached hydrogen (secondary N) is 1. The average Bonchev–Trinajstić information content (AvgIpc) is 3.13. The van der Waals surface area contributed by atoms with Crippen LogP contribution in [0.5, 0.6) is 11.5 Å². The van der Waals surface area contributed by atoms with Crippen molar-refractivity contribution < 1.29 is 9.47 Å². The molecule has 0 saturated heterocycles. The van der Waals surface area contributed by atoms with Gasteiger partial charge in [-0.05, 0) is 53.7 Å². The van der Waals surface area contributed by atoms with Crippen molar-refractivity contribution in [3.63, 3.8) is 0 Å². The van der Waals surface area contributed by atoms with E-state index < -0.39 is 0 Å². The number of nitrogens with zero attached hydrogens (tertiary/aromatic N) is 3. The number of rotatable bonds is 4. The molecule has 9 heteroatoms. The molecular weight excluding hydrogens is 388 g/mol. The Balaban J connectivity index is 1.63. The van der Waals surface area contributed by atoms with Gasteiger partial charge in [-0.2, -0.15) is 14.9 Å². The van der Waals surface area contributed by atoms with Crippen LogP contribution in [0.15, 0.2) is 52.4 Å². The number of ether oxygens (including phenoxy) is 2. The number of hydrogen-bond donors (Lipinski definition) is 1. The van der Waals surface area contributed by atoms with Crippen molar-refractivity contribution >= 4 is 30.0 Å². The molecule has 7 nitrogen and oxygen atoms in total. The molecule has 0 amide bonds. The molecule has 1 aliphatic heterocycles. The second-order valence-corrected chi connectivity index (χ2v) is 6.58. The van der Waals surface area contributed by atoms with E-state index in [-0.39, 0.29) is 17.1 Å². The van der Waals surface area contributed by atoms with Crippen LogP contribution in [0.2, 0.25) is 5.02 Å². The summed E-state index contributed by atoms with van der Waals surface area (Å²) >= 11 is 11.0. The highest BCUT2D eigenvalue weighted by atomic mass is 35.5. The van der Waals surface area contributed by atoms with Crippen molar-refractivity contribution in [1.82, 2.24) is 14.9 Å². The standard InChI is InChI=1S/C18H13ClN4O3S/c19-13-4-1-11(2-5-13)7-14-17(24)23(18(27)22-21-14)20-9-12-3-6-15-16(8-12)26-10-25-15/h1-6,8-9H,7,10H2,(H,22,27)/b20-9+. The van der Waals surface area contributed by atoms with Gasteiger partial charge in [-0.15, -0.1) is 0 Å². The Morgan fingerprint density at radius 2 is 2.00 bits per heavy atom. The highest BCUT2D eigenvalue weighted by Crippen LogP contribution is 2.31. The first-order valence-electron chi connectivity index (χ1n) is 7.99. The minimum Gasteiger partial charge on any atom is -0.454 e. The summed E-state index contributed by atoms with van der Waals surface area (Å²) in [6, 6.07) is 12.6. The van der Waals surface area contributed by atoms with Crippen LogP contribution in [0.1, 0.15) is 16.8 Å². The summed E-state index contributed by atoms with van der Waals surface area (Å²) in [5.41, 5.74) is 1.57. The number of H-pyrrole nitrogens is 1. The minimum atomic E-state index is -0.384. The van der Waals surface area contributed by atoms with E-state index in [2.05, 4.69) is 15.3 Å². The van der Waals surface area contributed by atoms with Crippen LogP contribution < -0.4 is 15.0 Å². The zero-order valence-electron chi connectivity index (χ0n) is 13.9. The van der Waals surface area contributed by atoms with Crippen LogP contribution in [0.3, 0.4) is 0 Å². The fraction of sp³-hybridized carbons (Fsp3) is 0.111. The van der Waals surface area contributed by atoms with E-state index in [4.69, 9.17) is 33.3 Å². The Morgan fingerprint density at radius 3 is 2.81 bits per heavy atom. The zero-order valence-corrected chi connectivity index (χ0v) is 15.5. The maximum atomic E-state index is 12.7. The molecule has 2 heterocycles. The van der Waals surface area contributed by atoms with Gasteiger partial charge in [0.25, 0.3) is 5.56 Å². The van der Waals surface area contributed by atoms with Crippen LogP contribution in [0, 0.1) is 4.77 Å². The lowest BCUT2D eigenvalue weighted by atomic mass is 10.1. The Kier molecular flexibility index (Phi) is 4.74. The fourth-order valence-electron chi connectivity index (χ4n) is 2.56. The van der Waals surface area contributed by atoms with Gasteiger partial charge in [0.2, 0.25) is 11.6 Å². The molecule has 2 aromatic carbocycles. The second kappa shape index (κ2) is 7.34. The molecule has 0 bridgehead atoms. The summed E-state index contributed by atoms with van der Waals surface area (Å²) in [4.78, 5) is 12.7. The molecule has 4 rings (SSSR count). The average molecular weight is 401 g/mol. The van der Waals surface area contributed by atoms with Gasteiger partial charge in [0.05, 0.1) is 6.21 Å². The molecule has 27 heavy (non-hydrogen) atoms. The normalized spacial score (nSPS) is 12.6. The summed E-state index contributed by atoms with van der Waals surface area (Å²) in [5.74, 6) is 1.31. The number of fused-ring (bicyclic) bond motifs is 1. The van der Waals surface area contributed by atoms with Gasteiger partial charge in [-0.25, -0.2) is 0 Å². The molecule has 136 valence electrons. The third-order valence-corrected chi connectivity index (χ3v) is 4.44. The van der Waals surface area contributed by atoms with Gasteiger partial charge < -0.3 is 9.47 Å². The maximum Gasteiger partial charge on any atom is 0.297 e. The lowest BCUT2D eigenvalue weighted by Gasteiger charge is -2.04. The largest absolute Gasteiger partial charge is 0.454 e. The Morgan fingerprint density at radius 1 is 1.22 bits per heavy atom. The van der Waals surface area contributed by atoms with Crippen LogP contribution in [0.25, 0.3) is 0 Å². The van der Waals surface area contributed by atoms with Gasteiger partial charge in [-0.1, -0.05) is 23.7 Å². The smallest absolute Gasteiger partial charge is 0.297 e. The molecule has 0 unspecified atom stereocenters. The number of halogens is 1. The molecule has 0 aliphatic carbocycles. The summed E-state index contributed by atoms with van der Waals surface area (Å²) in [6.07, 6.45) is 1.86. The van der Waals surface area contributed by atoms with Crippen LogP contribution in [0.4, 0.5) is 0 Å². The first-order valence-corrected chi connectivity index (χ1v) is 8.78. The minimum absolute atomic E-state index is 0.108. The summed E-state index contributed by atoms with van der Waals surface area (Å²) in [7, 11) is 0. The van der Waals surface area contributed by atoms with E-state index in [9.17, 15) is 4.79 Å². The molecule has 0 fully saturated rings. The topological polar surface area (TPSA) is 81.5 Å². The Bertz CT molecular complexity index is 1140.